The first kappa shape index (κ1) is 11.2. The van der Waals surface area contributed by atoms with Crippen LogP contribution in [0, 0.1) is 0 Å². The zero-order chi connectivity index (χ0) is 12.5. The van der Waals surface area contributed by atoms with Crippen LogP contribution in [-0.4, -0.2) is 25.3 Å². The lowest BCUT2D eigenvalue weighted by molar-refractivity contribution is 0.432. The smallest absolute Gasteiger partial charge is 0.258 e. The van der Waals surface area contributed by atoms with E-state index in [9.17, 15) is 0 Å². The van der Waals surface area contributed by atoms with Gasteiger partial charge in [0.1, 0.15) is 6.33 Å². The van der Waals surface area contributed by atoms with Crippen molar-refractivity contribution in [3.05, 3.63) is 34.6 Å². The number of H-pyrrole nitrogens is 1. The molecule has 90 valence electrons. The quantitative estimate of drug-likeness (QED) is 0.781. The third kappa shape index (κ3) is 1.96. The Morgan fingerprint density at radius 3 is 2.78 bits per heavy atom. The van der Waals surface area contributed by atoms with Crippen molar-refractivity contribution in [2.24, 2.45) is 0 Å². The van der Waals surface area contributed by atoms with Crippen molar-refractivity contribution in [2.45, 2.75) is 0 Å². The summed E-state index contributed by atoms with van der Waals surface area (Å²) in [7, 11) is 0. The molecular weight excluding hydrogens is 277 g/mol. The number of hydrogen-bond acceptors (Lipinski definition) is 5. The van der Waals surface area contributed by atoms with Gasteiger partial charge in [0.25, 0.3) is 5.89 Å². The van der Waals surface area contributed by atoms with E-state index in [1.807, 2.05) is 0 Å². The number of halogens is 2. The molecule has 18 heavy (non-hydrogen) atoms. The first-order valence-corrected chi connectivity index (χ1v) is 5.64. The molecule has 0 aliphatic rings. The molecule has 0 aliphatic heterocycles. The van der Waals surface area contributed by atoms with Crippen molar-refractivity contribution in [3.8, 4) is 23.1 Å². The normalized spacial score (nSPS) is 10.8. The summed E-state index contributed by atoms with van der Waals surface area (Å²) >= 11 is 11.8. The van der Waals surface area contributed by atoms with Gasteiger partial charge in [-0.2, -0.15) is 10.1 Å². The highest BCUT2D eigenvalue weighted by atomic mass is 35.5. The van der Waals surface area contributed by atoms with Crippen molar-refractivity contribution < 1.29 is 4.52 Å². The molecule has 2 heterocycles. The molecule has 0 fully saturated rings. The molecular formula is C10H5Cl2N5O. The fourth-order valence-corrected chi connectivity index (χ4v) is 1.68. The van der Waals surface area contributed by atoms with E-state index in [0.717, 1.165) is 0 Å². The average Bonchev–Trinajstić information content (AvgIpc) is 3.01. The van der Waals surface area contributed by atoms with Gasteiger partial charge in [0, 0.05) is 5.56 Å². The van der Waals surface area contributed by atoms with Gasteiger partial charge in [-0.3, -0.25) is 5.10 Å². The van der Waals surface area contributed by atoms with E-state index in [-0.39, 0.29) is 0 Å². The van der Waals surface area contributed by atoms with Crippen molar-refractivity contribution in [3.63, 3.8) is 0 Å². The Balaban J connectivity index is 2.00. The molecule has 0 saturated carbocycles. The lowest BCUT2D eigenvalue weighted by atomic mass is 10.2. The van der Waals surface area contributed by atoms with Gasteiger partial charge in [0.05, 0.1) is 10.0 Å². The van der Waals surface area contributed by atoms with Gasteiger partial charge in [-0.25, -0.2) is 4.98 Å². The van der Waals surface area contributed by atoms with Gasteiger partial charge in [-0.1, -0.05) is 28.4 Å². The molecule has 0 radical (unpaired) electrons. The summed E-state index contributed by atoms with van der Waals surface area (Å²) in [6, 6.07) is 5.06. The molecule has 0 atom stereocenters. The van der Waals surface area contributed by atoms with Crippen molar-refractivity contribution >= 4 is 23.2 Å². The van der Waals surface area contributed by atoms with Crippen LogP contribution in [0.2, 0.25) is 10.0 Å². The van der Waals surface area contributed by atoms with Gasteiger partial charge >= 0.3 is 0 Å². The molecule has 0 bridgehead atoms. The zero-order valence-electron chi connectivity index (χ0n) is 8.76. The van der Waals surface area contributed by atoms with E-state index in [1.54, 1.807) is 18.2 Å². The molecule has 6 nitrogen and oxygen atoms in total. The maximum Gasteiger partial charge on any atom is 0.258 e. The monoisotopic (exact) mass is 281 g/mol. The predicted molar refractivity (Wildman–Crippen MR) is 65.1 cm³/mol. The molecule has 1 aromatic carbocycles. The van der Waals surface area contributed by atoms with E-state index < -0.39 is 0 Å². The van der Waals surface area contributed by atoms with Crippen LogP contribution in [0.1, 0.15) is 0 Å². The van der Waals surface area contributed by atoms with Crippen LogP contribution in [0.15, 0.2) is 29.0 Å². The summed E-state index contributed by atoms with van der Waals surface area (Å²) in [6.45, 7) is 0. The Morgan fingerprint density at radius 2 is 2.06 bits per heavy atom. The molecule has 8 heteroatoms. The van der Waals surface area contributed by atoms with Gasteiger partial charge in [0.15, 0.2) is 5.82 Å². The van der Waals surface area contributed by atoms with Crippen LogP contribution in [0.5, 0.6) is 0 Å². The number of nitrogens with one attached hydrogen (secondary N) is 1. The molecule has 2 aromatic heterocycles. The fourth-order valence-electron chi connectivity index (χ4n) is 1.38. The molecule has 0 aliphatic carbocycles. The number of nitrogens with zero attached hydrogens (tertiary/aromatic N) is 4. The minimum absolute atomic E-state index is 0.327. The molecule has 3 rings (SSSR count). The van der Waals surface area contributed by atoms with E-state index in [0.29, 0.717) is 33.1 Å². The number of rotatable bonds is 2. The Kier molecular flexibility index (Phi) is 2.73. The molecule has 0 amide bonds. The predicted octanol–water partition coefficient (Wildman–Crippen LogP) is 2.83. The van der Waals surface area contributed by atoms with Crippen molar-refractivity contribution in [1.29, 1.82) is 0 Å². The van der Waals surface area contributed by atoms with Crippen LogP contribution < -0.4 is 0 Å². The number of aromatic amines is 1. The zero-order valence-corrected chi connectivity index (χ0v) is 10.3. The fraction of sp³-hybridized carbons (Fsp3) is 0. The highest BCUT2D eigenvalue weighted by molar-refractivity contribution is 6.42. The first-order chi connectivity index (χ1) is 8.74. The minimum atomic E-state index is 0.327. The molecule has 0 saturated heterocycles. The maximum absolute atomic E-state index is 5.92. The Morgan fingerprint density at radius 1 is 1.17 bits per heavy atom. The Hall–Kier alpha value is -1.92. The largest absolute Gasteiger partial charge is 0.333 e. The standard InChI is InChI=1S/C10H5Cl2N5O/c11-6-2-1-5(3-7(6)12)10-15-9(17-18-10)8-13-4-14-16-8/h1-4H,(H,13,14,16). The van der Waals surface area contributed by atoms with Crippen LogP contribution in [0.3, 0.4) is 0 Å². The van der Waals surface area contributed by atoms with Gasteiger partial charge in [0.2, 0.25) is 5.82 Å². The SMILES string of the molecule is Clc1ccc(-c2nc(-c3ncn[nH]3)no2)cc1Cl. The lowest BCUT2D eigenvalue weighted by Crippen LogP contribution is -1.83. The molecule has 1 N–H and O–H groups in total. The molecule has 0 spiro atoms. The number of aromatic nitrogens is 5. The van der Waals surface area contributed by atoms with Crippen LogP contribution in [0.4, 0.5) is 0 Å². The highest BCUT2D eigenvalue weighted by Gasteiger charge is 2.13. The number of hydrogen-bond donors (Lipinski definition) is 1. The summed E-state index contributed by atoms with van der Waals surface area (Å²) in [4.78, 5) is 8.11. The van der Waals surface area contributed by atoms with Crippen molar-refractivity contribution in [2.75, 3.05) is 0 Å². The Labute approximate surface area is 111 Å². The maximum atomic E-state index is 5.92. The van der Waals surface area contributed by atoms with Gasteiger partial charge < -0.3 is 4.52 Å². The van der Waals surface area contributed by atoms with E-state index in [1.165, 1.54) is 6.33 Å². The van der Waals surface area contributed by atoms with E-state index in [2.05, 4.69) is 25.3 Å². The van der Waals surface area contributed by atoms with Crippen LogP contribution in [0.25, 0.3) is 23.1 Å². The lowest BCUT2D eigenvalue weighted by Gasteiger charge is -1.97. The second kappa shape index (κ2) is 4.40. The second-order valence-corrected chi connectivity index (χ2v) is 4.20. The molecule has 3 aromatic rings. The summed E-state index contributed by atoms with van der Waals surface area (Å²) < 4.78 is 5.12. The first-order valence-electron chi connectivity index (χ1n) is 4.89. The molecule has 0 unspecified atom stereocenters. The van der Waals surface area contributed by atoms with E-state index >= 15 is 0 Å². The minimum Gasteiger partial charge on any atom is -0.333 e. The number of benzene rings is 1. The average molecular weight is 282 g/mol. The van der Waals surface area contributed by atoms with E-state index in [4.69, 9.17) is 27.7 Å². The summed E-state index contributed by atoms with van der Waals surface area (Å²) in [5, 5.41) is 11.0. The summed E-state index contributed by atoms with van der Waals surface area (Å²) in [5.74, 6) is 1.10. The second-order valence-electron chi connectivity index (χ2n) is 3.39. The summed E-state index contributed by atoms with van der Waals surface area (Å²) in [5.41, 5.74) is 0.683. The third-order valence-electron chi connectivity index (χ3n) is 2.22. The topological polar surface area (TPSA) is 80.5 Å². The Bertz CT molecular complexity index is 679. The summed E-state index contributed by atoms with van der Waals surface area (Å²) in [6.07, 6.45) is 1.37. The third-order valence-corrected chi connectivity index (χ3v) is 2.96. The van der Waals surface area contributed by atoms with Crippen LogP contribution in [-0.2, 0) is 0 Å². The van der Waals surface area contributed by atoms with Crippen molar-refractivity contribution in [1.82, 2.24) is 25.3 Å². The van der Waals surface area contributed by atoms with Crippen LogP contribution >= 0.6 is 23.2 Å². The van der Waals surface area contributed by atoms with Gasteiger partial charge in [-0.15, -0.1) is 0 Å². The highest BCUT2D eigenvalue weighted by Crippen LogP contribution is 2.28. The van der Waals surface area contributed by atoms with Gasteiger partial charge in [-0.05, 0) is 18.2 Å².